The van der Waals surface area contributed by atoms with E-state index in [2.05, 4.69) is 56.6 Å². The van der Waals surface area contributed by atoms with Gasteiger partial charge in [0.1, 0.15) is 18.0 Å². The Bertz CT molecular complexity index is 675. The Morgan fingerprint density at radius 3 is 2.64 bits per heavy atom. The summed E-state index contributed by atoms with van der Waals surface area (Å²) < 4.78 is 0. The van der Waals surface area contributed by atoms with Gasteiger partial charge in [0.15, 0.2) is 0 Å². The molecule has 0 aliphatic carbocycles. The molecule has 0 unspecified atom stereocenters. The summed E-state index contributed by atoms with van der Waals surface area (Å²) in [5, 5.41) is 3.56. The largest absolute Gasteiger partial charge is 0.367 e. The van der Waals surface area contributed by atoms with Gasteiger partial charge in [0.2, 0.25) is 0 Å². The van der Waals surface area contributed by atoms with Crippen molar-refractivity contribution in [2.45, 2.75) is 18.9 Å². The second-order valence-corrected chi connectivity index (χ2v) is 6.69. The molecule has 2 aromatic rings. The lowest BCUT2D eigenvalue weighted by atomic mass is 10.0. The molecule has 132 valence electrons. The molecule has 0 bridgehead atoms. The van der Waals surface area contributed by atoms with Crippen molar-refractivity contribution in [2.24, 2.45) is 0 Å². The first-order valence-electron chi connectivity index (χ1n) is 8.90. The molecule has 3 rings (SSSR count). The molecule has 0 amide bonds. The number of aromatic nitrogens is 2. The molecule has 0 saturated carbocycles. The van der Waals surface area contributed by atoms with Gasteiger partial charge in [-0.1, -0.05) is 42.5 Å². The van der Waals surface area contributed by atoms with Gasteiger partial charge in [0.25, 0.3) is 0 Å². The number of hydrogen-bond donors (Lipinski definition) is 1. The zero-order valence-electron chi connectivity index (χ0n) is 15.1. The Balaban J connectivity index is 1.44. The Hall–Kier alpha value is -2.40. The quantitative estimate of drug-likeness (QED) is 0.877. The third-order valence-corrected chi connectivity index (χ3v) is 4.52. The maximum absolute atomic E-state index is 4.34. The molecule has 1 aromatic heterocycles. The van der Waals surface area contributed by atoms with Crippen LogP contribution in [-0.2, 0) is 0 Å². The fourth-order valence-electron chi connectivity index (χ4n) is 3.04. The van der Waals surface area contributed by atoms with Crippen LogP contribution in [0.2, 0.25) is 0 Å². The highest BCUT2D eigenvalue weighted by Crippen LogP contribution is 2.17. The Morgan fingerprint density at radius 1 is 1.16 bits per heavy atom. The van der Waals surface area contributed by atoms with Crippen LogP contribution in [0.1, 0.15) is 18.4 Å². The highest BCUT2D eigenvalue weighted by molar-refractivity contribution is 5.49. The molecule has 2 heterocycles. The van der Waals surface area contributed by atoms with Crippen molar-refractivity contribution in [2.75, 3.05) is 43.9 Å². The summed E-state index contributed by atoms with van der Waals surface area (Å²) in [6.45, 7) is 3.24. The van der Waals surface area contributed by atoms with Crippen molar-refractivity contribution >= 4 is 17.7 Å². The van der Waals surface area contributed by atoms with E-state index in [9.17, 15) is 0 Å². The molecule has 0 spiro atoms. The Morgan fingerprint density at radius 2 is 1.92 bits per heavy atom. The summed E-state index contributed by atoms with van der Waals surface area (Å²) in [6.07, 6.45) is 8.37. The summed E-state index contributed by atoms with van der Waals surface area (Å²) in [5.41, 5.74) is 1.26. The van der Waals surface area contributed by atoms with Gasteiger partial charge in [-0.3, -0.25) is 4.90 Å². The van der Waals surface area contributed by atoms with Gasteiger partial charge >= 0.3 is 0 Å². The molecule has 0 radical (unpaired) electrons. The first-order valence-corrected chi connectivity index (χ1v) is 8.90. The van der Waals surface area contributed by atoms with E-state index in [1.165, 1.54) is 5.56 Å². The van der Waals surface area contributed by atoms with E-state index < -0.39 is 0 Å². The average molecular weight is 337 g/mol. The van der Waals surface area contributed by atoms with Crippen molar-refractivity contribution in [3.63, 3.8) is 0 Å². The predicted molar refractivity (Wildman–Crippen MR) is 105 cm³/mol. The van der Waals surface area contributed by atoms with E-state index in [-0.39, 0.29) is 0 Å². The number of anilines is 2. The molecule has 25 heavy (non-hydrogen) atoms. The molecule has 5 nitrogen and oxygen atoms in total. The summed E-state index contributed by atoms with van der Waals surface area (Å²) in [6, 6.07) is 13.0. The molecule has 1 saturated heterocycles. The van der Waals surface area contributed by atoms with Crippen LogP contribution in [0.4, 0.5) is 11.6 Å². The number of benzene rings is 1. The van der Waals surface area contributed by atoms with E-state index in [4.69, 9.17) is 0 Å². The van der Waals surface area contributed by atoms with E-state index >= 15 is 0 Å². The van der Waals surface area contributed by atoms with Gasteiger partial charge in [-0.15, -0.1) is 0 Å². The van der Waals surface area contributed by atoms with Crippen molar-refractivity contribution < 1.29 is 0 Å². The number of likely N-dealkylation sites (tertiary alicyclic amines) is 1. The molecular weight excluding hydrogens is 310 g/mol. The van der Waals surface area contributed by atoms with Crippen molar-refractivity contribution in [3.8, 4) is 0 Å². The molecule has 1 N–H and O–H groups in total. The van der Waals surface area contributed by atoms with Crippen molar-refractivity contribution in [1.29, 1.82) is 0 Å². The average Bonchev–Trinajstić information content (AvgIpc) is 2.64. The zero-order valence-corrected chi connectivity index (χ0v) is 15.1. The van der Waals surface area contributed by atoms with E-state index in [0.717, 1.165) is 44.1 Å². The minimum atomic E-state index is 0.485. The molecule has 1 aliphatic heterocycles. The topological polar surface area (TPSA) is 44.3 Å². The third-order valence-electron chi connectivity index (χ3n) is 4.52. The zero-order chi connectivity index (χ0) is 17.5. The molecule has 1 fully saturated rings. The smallest absolute Gasteiger partial charge is 0.133 e. The van der Waals surface area contributed by atoms with Gasteiger partial charge in [0, 0.05) is 45.8 Å². The highest BCUT2D eigenvalue weighted by Gasteiger charge is 2.18. The maximum Gasteiger partial charge on any atom is 0.133 e. The van der Waals surface area contributed by atoms with E-state index in [1.54, 1.807) is 6.33 Å². The van der Waals surface area contributed by atoms with Crippen LogP contribution in [0.25, 0.3) is 6.08 Å². The maximum atomic E-state index is 4.34. The first-order chi connectivity index (χ1) is 12.2. The molecule has 0 atom stereocenters. The summed E-state index contributed by atoms with van der Waals surface area (Å²) >= 11 is 0. The fourth-order valence-corrected chi connectivity index (χ4v) is 3.04. The van der Waals surface area contributed by atoms with Crippen LogP contribution in [0.3, 0.4) is 0 Å². The number of nitrogens with one attached hydrogen (secondary N) is 1. The fraction of sp³-hybridized carbons (Fsp3) is 0.400. The lowest BCUT2D eigenvalue weighted by Crippen LogP contribution is -2.39. The normalized spacial score (nSPS) is 16.2. The number of hydrogen-bond acceptors (Lipinski definition) is 5. The molecule has 5 heteroatoms. The summed E-state index contributed by atoms with van der Waals surface area (Å²) in [7, 11) is 3.99. The SMILES string of the molecule is CN(C)c1cc(NC2CCN(C/C=C/c3ccccc3)CC2)ncn1. The van der Waals surface area contributed by atoms with Crippen LogP contribution in [-0.4, -0.2) is 54.6 Å². The highest BCUT2D eigenvalue weighted by atomic mass is 15.2. The lowest BCUT2D eigenvalue weighted by Gasteiger charge is -2.32. The van der Waals surface area contributed by atoms with Crippen molar-refractivity contribution in [3.05, 3.63) is 54.4 Å². The number of rotatable bonds is 6. The lowest BCUT2D eigenvalue weighted by molar-refractivity contribution is 0.240. The van der Waals surface area contributed by atoms with E-state index in [0.29, 0.717) is 6.04 Å². The van der Waals surface area contributed by atoms with Crippen LogP contribution < -0.4 is 10.2 Å². The van der Waals surface area contributed by atoms with Crippen LogP contribution in [0.5, 0.6) is 0 Å². The van der Waals surface area contributed by atoms with Crippen molar-refractivity contribution in [1.82, 2.24) is 14.9 Å². The first kappa shape index (κ1) is 17.4. The standard InChI is InChI=1S/C20H27N5/c1-24(2)20-15-19(21-16-22-20)23-18-10-13-25(14-11-18)12-6-9-17-7-4-3-5-8-17/h3-9,15-16,18H,10-14H2,1-2H3,(H,21,22,23)/b9-6+. The second-order valence-electron chi connectivity index (χ2n) is 6.69. The minimum absolute atomic E-state index is 0.485. The number of piperidine rings is 1. The molecule has 1 aliphatic rings. The number of nitrogens with zero attached hydrogens (tertiary/aromatic N) is 4. The van der Waals surface area contributed by atoms with Crippen LogP contribution in [0.15, 0.2) is 48.8 Å². The van der Waals surface area contributed by atoms with Gasteiger partial charge in [0.05, 0.1) is 0 Å². The monoisotopic (exact) mass is 337 g/mol. The van der Waals surface area contributed by atoms with Crippen LogP contribution >= 0.6 is 0 Å². The van der Waals surface area contributed by atoms with Crippen LogP contribution in [0, 0.1) is 0 Å². The van der Waals surface area contributed by atoms with Gasteiger partial charge < -0.3 is 10.2 Å². The van der Waals surface area contributed by atoms with Gasteiger partial charge in [-0.05, 0) is 18.4 Å². The predicted octanol–water partition coefficient (Wildman–Crippen LogP) is 3.13. The van der Waals surface area contributed by atoms with Gasteiger partial charge in [-0.25, -0.2) is 9.97 Å². The molecular formula is C20H27N5. The van der Waals surface area contributed by atoms with E-state index in [1.807, 2.05) is 31.1 Å². The Labute approximate surface area is 150 Å². The summed E-state index contributed by atoms with van der Waals surface area (Å²) in [5.74, 6) is 1.85. The van der Waals surface area contributed by atoms with Gasteiger partial charge in [-0.2, -0.15) is 0 Å². The molecule has 1 aromatic carbocycles. The Kier molecular flexibility index (Phi) is 6.01. The summed E-state index contributed by atoms with van der Waals surface area (Å²) in [4.78, 5) is 13.1. The minimum Gasteiger partial charge on any atom is -0.367 e. The third kappa shape index (κ3) is 5.29. The second kappa shape index (κ2) is 8.62.